The Balaban J connectivity index is 1.46. The van der Waals surface area contributed by atoms with Gasteiger partial charge in [0, 0.05) is 32.3 Å². The lowest BCUT2D eigenvalue weighted by molar-refractivity contribution is -0.122. The van der Waals surface area contributed by atoms with Gasteiger partial charge >= 0.3 is 0 Å². The summed E-state index contributed by atoms with van der Waals surface area (Å²) in [5.41, 5.74) is 1.13. The van der Waals surface area contributed by atoms with Gasteiger partial charge in [-0.1, -0.05) is 6.92 Å². The van der Waals surface area contributed by atoms with Crippen LogP contribution in [-0.4, -0.2) is 37.1 Å². The van der Waals surface area contributed by atoms with E-state index in [0.717, 1.165) is 37.6 Å². The van der Waals surface area contributed by atoms with Crippen LogP contribution < -0.4 is 15.5 Å². The fourth-order valence-electron chi connectivity index (χ4n) is 3.83. The molecule has 0 aromatic carbocycles. The van der Waals surface area contributed by atoms with Gasteiger partial charge in [-0.05, 0) is 68.3 Å². The Morgan fingerprint density at radius 3 is 2.88 bits per heavy atom. The van der Waals surface area contributed by atoms with Crippen molar-refractivity contribution >= 4 is 11.7 Å². The van der Waals surface area contributed by atoms with Gasteiger partial charge in [-0.2, -0.15) is 0 Å². The second-order valence-corrected chi connectivity index (χ2v) is 7.26. The zero-order valence-electron chi connectivity index (χ0n) is 14.8. The predicted molar refractivity (Wildman–Crippen MR) is 96.9 cm³/mol. The number of carbonyl (C=O) groups excluding carboxylic acids is 1. The first-order chi connectivity index (χ1) is 11.7. The van der Waals surface area contributed by atoms with Crippen LogP contribution in [0.2, 0.25) is 0 Å². The van der Waals surface area contributed by atoms with Crippen LogP contribution in [0.3, 0.4) is 0 Å². The van der Waals surface area contributed by atoms with E-state index in [2.05, 4.69) is 33.5 Å². The van der Waals surface area contributed by atoms with E-state index in [0.29, 0.717) is 24.8 Å². The number of hydrogen-bond donors (Lipinski definition) is 2. The Hall–Kier alpha value is -1.62. The molecule has 1 amide bonds. The van der Waals surface area contributed by atoms with Crippen molar-refractivity contribution in [3.05, 3.63) is 23.9 Å². The Bertz CT molecular complexity index is 536. The van der Waals surface area contributed by atoms with Crippen molar-refractivity contribution in [2.75, 3.05) is 31.1 Å². The average Bonchev–Trinajstić information content (AvgIpc) is 3.16. The SMILES string of the molecule is CC(CC(=O)NCc1ccnc(N2CCCC2)c1)C1CCNCC1. The van der Waals surface area contributed by atoms with Gasteiger partial charge in [0.05, 0.1) is 0 Å². The average molecular weight is 330 g/mol. The molecule has 2 aliphatic heterocycles. The van der Waals surface area contributed by atoms with Crippen LogP contribution in [0.25, 0.3) is 0 Å². The number of anilines is 1. The Kier molecular flexibility index (Phi) is 6.07. The van der Waals surface area contributed by atoms with Gasteiger partial charge in [0.1, 0.15) is 5.82 Å². The summed E-state index contributed by atoms with van der Waals surface area (Å²) >= 11 is 0. The summed E-state index contributed by atoms with van der Waals surface area (Å²) in [6, 6.07) is 4.11. The van der Waals surface area contributed by atoms with E-state index in [9.17, 15) is 4.79 Å². The third-order valence-corrected chi connectivity index (χ3v) is 5.43. The lowest BCUT2D eigenvalue weighted by Gasteiger charge is -2.27. The highest BCUT2D eigenvalue weighted by Gasteiger charge is 2.22. The summed E-state index contributed by atoms with van der Waals surface area (Å²) in [6.07, 6.45) is 7.37. The van der Waals surface area contributed by atoms with Crippen LogP contribution in [0, 0.1) is 11.8 Å². The van der Waals surface area contributed by atoms with Gasteiger partial charge in [0.25, 0.3) is 0 Å². The Labute approximate surface area is 145 Å². The minimum absolute atomic E-state index is 0.167. The Morgan fingerprint density at radius 1 is 1.38 bits per heavy atom. The van der Waals surface area contributed by atoms with E-state index in [-0.39, 0.29) is 5.91 Å². The smallest absolute Gasteiger partial charge is 0.220 e. The number of rotatable bonds is 6. The second-order valence-electron chi connectivity index (χ2n) is 7.26. The third kappa shape index (κ3) is 4.69. The van der Waals surface area contributed by atoms with Gasteiger partial charge in [-0.3, -0.25) is 4.79 Å². The maximum absolute atomic E-state index is 12.3. The maximum Gasteiger partial charge on any atom is 0.220 e. The molecule has 2 saturated heterocycles. The molecule has 1 atom stereocenters. The highest BCUT2D eigenvalue weighted by Crippen LogP contribution is 2.24. The topological polar surface area (TPSA) is 57.3 Å². The molecule has 1 unspecified atom stereocenters. The van der Waals surface area contributed by atoms with Crippen LogP contribution >= 0.6 is 0 Å². The quantitative estimate of drug-likeness (QED) is 0.840. The molecule has 132 valence electrons. The largest absolute Gasteiger partial charge is 0.357 e. The normalized spacial score (nSPS) is 20.1. The van der Waals surface area contributed by atoms with E-state index in [1.165, 1.54) is 25.7 Å². The van der Waals surface area contributed by atoms with E-state index >= 15 is 0 Å². The fourth-order valence-corrected chi connectivity index (χ4v) is 3.83. The molecule has 0 radical (unpaired) electrons. The van der Waals surface area contributed by atoms with Crippen molar-refractivity contribution in [2.45, 2.75) is 45.6 Å². The summed E-state index contributed by atoms with van der Waals surface area (Å²) in [5.74, 6) is 2.35. The molecule has 24 heavy (non-hydrogen) atoms. The predicted octanol–water partition coefficient (Wildman–Crippen LogP) is 2.32. The number of nitrogens with zero attached hydrogens (tertiary/aromatic N) is 2. The molecule has 5 nitrogen and oxygen atoms in total. The van der Waals surface area contributed by atoms with E-state index in [1.54, 1.807) is 0 Å². The molecule has 0 aliphatic carbocycles. The minimum atomic E-state index is 0.167. The van der Waals surface area contributed by atoms with Gasteiger partial charge in [0.2, 0.25) is 5.91 Å². The van der Waals surface area contributed by atoms with E-state index < -0.39 is 0 Å². The van der Waals surface area contributed by atoms with Crippen molar-refractivity contribution in [1.82, 2.24) is 15.6 Å². The standard InChI is InChI=1S/C19H30N4O/c1-15(17-5-7-20-8-6-17)12-19(24)22-14-16-4-9-21-18(13-16)23-10-2-3-11-23/h4,9,13,15,17,20H,2-3,5-8,10-12,14H2,1H3,(H,22,24). The summed E-state index contributed by atoms with van der Waals surface area (Å²) in [6.45, 7) is 7.18. The van der Waals surface area contributed by atoms with Crippen LogP contribution in [0.5, 0.6) is 0 Å². The van der Waals surface area contributed by atoms with Crippen LogP contribution in [0.1, 0.15) is 44.6 Å². The lowest BCUT2D eigenvalue weighted by atomic mass is 9.84. The molecule has 2 N–H and O–H groups in total. The van der Waals surface area contributed by atoms with Crippen molar-refractivity contribution in [3.63, 3.8) is 0 Å². The molecule has 3 heterocycles. The molecule has 3 rings (SSSR count). The van der Waals surface area contributed by atoms with Crippen molar-refractivity contribution < 1.29 is 4.79 Å². The van der Waals surface area contributed by atoms with Crippen molar-refractivity contribution in [3.8, 4) is 0 Å². The van der Waals surface area contributed by atoms with Gasteiger partial charge in [0.15, 0.2) is 0 Å². The molecule has 0 saturated carbocycles. The molecular weight excluding hydrogens is 300 g/mol. The zero-order chi connectivity index (χ0) is 16.8. The van der Waals surface area contributed by atoms with Gasteiger partial charge in [-0.15, -0.1) is 0 Å². The number of nitrogens with one attached hydrogen (secondary N) is 2. The molecule has 2 fully saturated rings. The van der Waals surface area contributed by atoms with Gasteiger partial charge < -0.3 is 15.5 Å². The van der Waals surface area contributed by atoms with E-state index in [4.69, 9.17) is 0 Å². The first-order valence-corrected chi connectivity index (χ1v) is 9.39. The van der Waals surface area contributed by atoms with Crippen LogP contribution in [0.4, 0.5) is 5.82 Å². The lowest BCUT2D eigenvalue weighted by Crippen LogP contribution is -2.33. The summed E-state index contributed by atoms with van der Waals surface area (Å²) in [7, 11) is 0. The highest BCUT2D eigenvalue weighted by molar-refractivity contribution is 5.76. The summed E-state index contributed by atoms with van der Waals surface area (Å²) in [4.78, 5) is 19.0. The van der Waals surface area contributed by atoms with Gasteiger partial charge in [-0.25, -0.2) is 4.98 Å². The van der Waals surface area contributed by atoms with Crippen molar-refractivity contribution in [2.24, 2.45) is 11.8 Å². The number of carbonyl (C=O) groups is 1. The minimum Gasteiger partial charge on any atom is -0.357 e. The van der Waals surface area contributed by atoms with Crippen molar-refractivity contribution in [1.29, 1.82) is 0 Å². The number of pyridine rings is 1. The highest BCUT2D eigenvalue weighted by atomic mass is 16.1. The Morgan fingerprint density at radius 2 is 2.12 bits per heavy atom. The fraction of sp³-hybridized carbons (Fsp3) is 0.684. The second kappa shape index (κ2) is 8.47. The summed E-state index contributed by atoms with van der Waals surface area (Å²) < 4.78 is 0. The molecule has 0 bridgehead atoms. The summed E-state index contributed by atoms with van der Waals surface area (Å²) in [5, 5.41) is 6.47. The van der Waals surface area contributed by atoms with Crippen LogP contribution in [-0.2, 0) is 11.3 Å². The molecular formula is C19H30N4O. The monoisotopic (exact) mass is 330 g/mol. The molecule has 0 spiro atoms. The van der Waals surface area contributed by atoms with E-state index in [1.807, 2.05) is 12.3 Å². The molecule has 1 aromatic rings. The number of amides is 1. The zero-order valence-corrected chi connectivity index (χ0v) is 14.8. The third-order valence-electron chi connectivity index (χ3n) is 5.43. The number of hydrogen-bond acceptors (Lipinski definition) is 4. The molecule has 2 aliphatic rings. The number of aromatic nitrogens is 1. The first kappa shape index (κ1) is 17.2. The first-order valence-electron chi connectivity index (χ1n) is 9.39. The van der Waals surface area contributed by atoms with Crippen LogP contribution in [0.15, 0.2) is 18.3 Å². The maximum atomic E-state index is 12.3. The number of piperidine rings is 1. The molecule has 5 heteroatoms. The molecule has 1 aromatic heterocycles.